The van der Waals surface area contributed by atoms with E-state index in [-0.39, 0.29) is 12.2 Å². The van der Waals surface area contributed by atoms with Crippen molar-refractivity contribution in [3.05, 3.63) is 34.3 Å². The van der Waals surface area contributed by atoms with Gasteiger partial charge in [0.05, 0.1) is 12.5 Å². The molecule has 3 heteroatoms. The predicted molar refractivity (Wildman–Crippen MR) is 55.4 cm³/mol. The van der Waals surface area contributed by atoms with Gasteiger partial charge >= 0.3 is 0 Å². The van der Waals surface area contributed by atoms with Gasteiger partial charge in [0, 0.05) is 17.0 Å². The van der Waals surface area contributed by atoms with Crippen molar-refractivity contribution >= 4 is 17.4 Å². The molecule has 0 heterocycles. The van der Waals surface area contributed by atoms with Crippen LogP contribution in [-0.4, -0.2) is 5.78 Å². The number of carbonyl (C=O) groups is 1. The molecule has 0 N–H and O–H groups in total. The summed E-state index contributed by atoms with van der Waals surface area (Å²) in [6.45, 7) is 1.79. The lowest BCUT2D eigenvalue weighted by Crippen LogP contribution is -2.01. The average molecular weight is 208 g/mol. The van der Waals surface area contributed by atoms with Crippen LogP contribution in [0.15, 0.2) is 18.2 Å². The largest absolute Gasteiger partial charge is 0.294 e. The van der Waals surface area contributed by atoms with Crippen molar-refractivity contribution in [2.75, 3.05) is 0 Å². The number of hydrogen-bond donors (Lipinski definition) is 0. The SMILES string of the molecule is CCC(=O)c1cc(Cl)ccc1CC#N. The lowest BCUT2D eigenvalue weighted by Gasteiger charge is -2.04. The highest BCUT2D eigenvalue weighted by Gasteiger charge is 2.09. The molecule has 2 nitrogen and oxygen atoms in total. The minimum absolute atomic E-state index is 0.0257. The Labute approximate surface area is 88.1 Å². The van der Waals surface area contributed by atoms with Crippen molar-refractivity contribution in [3.8, 4) is 6.07 Å². The lowest BCUT2D eigenvalue weighted by atomic mass is 10.0. The first-order valence-electron chi connectivity index (χ1n) is 4.37. The summed E-state index contributed by atoms with van der Waals surface area (Å²) in [5, 5.41) is 9.10. The number of carbonyl (C=O) groups excluding carboxylic acids is 1. The van der Waals surface area contributed by atoms with Gasteiger partial charge in [-0.15, -0.1) is 0 Å². The molecule has 0 aliphatic carbocycles. The molecular formula is C11H10ClNO. The number of ketones is 1. The summed E-state index contributed by atoms with van der Waals surface area (Å²) in [6.07, 6.45) is 0.678. The van der Waals surface area contributed by atoms with Gasteiger partial charge in [-0.2, -0.15) is 5.26 Å². The molecule has 0 aromatic heterocycles. The van der Waals surface area contributed by atoms with E-state index in [1.54, 1.807) is 25.1 Å². The summed E-state index contributed by atoms with van der Waals surface area (Å²) in [4.78, 5) is 11.5. The van der Waals surface area contributed by atoms with Crippen molar-refractivity contribution in [1.82, 2.24) is 0 Å². The molecule has 14 heavy (non-hydrogen) atoms. The van der Waals surface area contributed by atoms with Crippen molar-refractivity contribution in [2.45, 2.75) is 19.8 Å². The first-order chi connectivity index (χ1) is 6.69. The smallest absolute Gasteiger partial charge is 0.162 e. The summed E-state index contributed by atoms with van der Waals surface area (Å²) in [6, 6.07) is 7.08. The first-order valence-corrected chi connectivity index (χ1v) is 4.75. The highest BCUT2D eigenvalue weighted by Crippen LogP contribution is 2.18. The van der Waals surface area contributed by atoms with Crippen LogP contribution in [0.3, 0.4) is 0 Å². The van der Waals surface area contributed by atoms with Gasteiger partial charge in [0.1, 0.15) is 0 Å². The van der Waals surface area contributed by atoms with E-state index in [9.17, 15) is 4.79 Å². The second kappa shape index (κ2) is 4.78. The Bertz CT molecular complexity index is 393. The Morgan fingerprint density at radius 2 is 2.29 bits per heavy atom. The Morgan fingerprint density at radius 1 is 1.57 bits per heavy atom. The highest BCUT2D eigenvalue weighted by atomic mass is 35.5. The Morgan fingerprint density at radius 3 is 2.86 bits per heavy atom. The predicted octanol–water partition coefficient (Wildman–Crippen LogP) is 3.00. The number of nitriles is 1. The van der Waals surface area contributed by atoms with Crippen molar-refractivity contribution < 1.29 is 4.79 Å². The van der Waals surface area contributed by atoms with Gasteiger partial charge in [-0.05, 0) is 17.7 Å². The van der Waals surface area contributed by atoms with Gasteiger partial charge in [0.2, 0.25) is 0 Å². The van der Waals surface area contributed by atoms with E-state index in [2.05, 4.69) is 0 Å². The maximum Gasteiger partial charge on any atom is 0.162 e. The van der Waals surface area contributed by atoms with Crippen molar-refractivity contribution in [1.29, 1.82) is 5.26 Å². The monoisotopic (exact) mass is 207 g/mol. The Hall–Kier alpha value is -1.33. The third-order valence-electron chi connectivity index (χ3n) is 1.96. The third-order valence-corrected chi connectivity index (χ3v) is 2.20. The normalized spacial score (nSPS) is 9.50. The Balaban J connectivity index is 3.16. The molecule has 0 saturated heterocycles. The van der Waals surface area contributed by atoms with Crippen molar-refractivity contribution in [2.24, 2.45) is 0 Å². The summed E-state index contributed by atoms with van der Waals surface area (Å²) >= 11 is 5.78. The molecule has 1 aromatic rings. The van der Waals surface area contributed by atoms with Crippen LogP contribution in [0.4, 0.5) is 0 Å². The molecule has 0 aliphatic rings. The van der Waals surface area contributed by atoms with E-state index in [0.717, 1.165) is 5.56 Å². The van der Waals surface area contributed by atoms with Gasteiger partial charge in [0.15, 0.2) is 5.78 Å². The lowest BCUT2D eigenvalue weighted by molar-refractivity contribution is 0.0987. The molecule has 0 bridgehead atoms. The fourth-order valence-electron chi connectivity index (χ4n) is 1.24. The van der Waals surface area contributed by atoms with Gasteiger partial charge in [-0.3, -0.25) is 4.79 Å². The van der Waals surface area contributed by atoms with E-state index in [4.69, 9.17) is 16.9 Å². The standard InChI is InChI=1S/C11H10ClNO/c1-2-11(14)10-7-9(12)4-3-8(10)5-6-13/h3-4,7H,2,5H2,1H3. The summed E-state index contributed by atoms with van der Waals surface area (Å²) < 4.78 is 0. The minimum Gasteiger partial charge on any atom is -0.294 e. The average Bonchev–Trinajstić information content (AvgIpc) is 2.20. The van der Waals surface area contributed by atoms with Crippen LogP contribution in [0.2, 0.25) is 5.02 Å². The molecule has 1 aromatic carbocycles. The van der Waals surface area contributed by atoms with Gasteiger partial charge < -0.3 is 0 Å². The Kier molecular flexibility index (Phi) is 3.67. The minimum atomic E-state index is 0.0257. The van der Waals surface area contributed by atoms with Crippen LogP contribution in [-0.2, 0) is 6.42 Å². The maximum atomic E-state index is 11.5. The number of rotatable bonds is 3. The second-order valence-electron chi connectivity index (χ2n) is 2.91. The van der Waals surface area contributed by atoms with Crippen LogP contribution in [0.25, 0.3) is 0 Å². The van der Waals surface area contributed by atoms with Crippen LogP contribution < -0.4 is 0 Å². The summed E-state index contributed by atoms with van der Waals surface area (Å²) in [5.41, 5.74) is 1.32. The molecule has 0 radical (unpaired) electrons. The number of hydrogen-bond acceptors (Lipinski definition) is 2. The highest BCUT2D eigenvalue weighted by molar-refractivity contribution is 6.31. The summed E-state index contributed by atoms with van der Waals surface area (Å²) in [7, 11) is 0. The zero-order valence-electron chi connectivity index (χ0n) is 7.88. The fraction of sp³-hybridized carbons (Fsp3) is 0.273. The molecule has 0 spiro atoms. The van der Waals surface area contributed by atoms with Gasteiger partial charge in [0.25, 0.3) is 0 Å². The van der Waals surface area contributed by atoms with E-state index < -0.39 is 0 Å². The molecule has 0 fully saturated rings. The molecule has 0 aliphatic heterocycles. The zero-order valence-corrected chi connectivity index (χ0v) is 8.64. The quantitative estimate of drug-likeness (QED) is 0.715. The van der Waals surface area contributed by atoms with E-state index >= 15 is 0 Å². The van der Waals surface area contributed by atoms with Gasteiger partial charge in [-0.1, -0.05) is 24.6 Å². The molecule has 0 unspecified atom stereocenters. The maximum absolute atomic E-state index is 11.5. The number of halogens is 1. The molecular weight excluding hydrogens is 198 g/mol. The first kappa shape index (κ1) is 10.7. The molecule has 0 amide bonds. The third kappa shape index (κ3) is 2.34. The van der Waals surface area contributed by atoms with Crippen LogP contribution >= 0.6 is 11.6 Å². The van der Waals surface area contributed by atoms with Crippen LogP contribution in [0.1, 0.15) is 29.3 Å². The van der Waals surface area contributed by atoms with Crippen LogP contribution in [0, 0.1) is 11.3 Å². The molecule has 1 rings (SSSR count). The number of nitrogens with zero attached hydrogens (tertiary/aromatic N) is 1. The van der Waals surface area contributed by atoms with Crippen LogP contribution in [0.5, 0.6) is 0 Å². The molecule has 72 valence electrons. The van der Waals surface area contributed by atoms with Gasteiger partial charge in [-0.25, -0.2) is 0 Å². The second-order valence-corrected chi connectivity index (χ2v) is 3.35. The fourth-order valence-corrected chi connectivity index (χ4v) is 1.41. The van der Waals surface area contributed by atoms with E-state index in [0.29, 0.717) is 17.0 Å². The number of Topliss-reactive ketones (excluding diaryl/α,β-unsaturated/α-hetero) is 1. The molecule has 0 atom stereocenters. The molecule has 0 saturated carbocycles. The number of benzene rings is 1. The topological polar surface area (TPSA) is 40.9 Å². The van der Waals surface area contributed by atoms with Crippen molar-refractivity contribution in [3.63, 3.8) is 0 Å². The van der Waals surface area contributed by atoms with E-state index in [1.807, 2.05) is 6.07 Å². The zero-order chi connectivity index (χ0) is 10.6. The summed E-state index contributed by atoms with van der Waals surface area (Å²) in [5.74, 6) is 0.0257. The van der Waals surface area contributed by atoms with E-state index in [1.165, 1.54) is 0 Å².